The molecule has 5 nitrogen and oxygen atoms in total. The Bertz CT molecular complexity index is 1120. The number of carbonyl (C=O) groups excluding carboxylic acids is 1. The summed E-state index contributed by atoms with van der Waals surface area (Å²) in [6.07, 6.45) is 4.24. The molecule has 2 heterocycles. The number of benzene rings is 2. The first-order valence-electron chi connectivity index (χ1n) is 9.86. The zero-order valence-corrected chi connectivity index (χ0v) is 16.6. The number of hydrogen-bond donors (Lipinski definition) is 0. The number of fused-ring (bicyclic) bond motifs is 1. The third-order valence-corrected chi connectivity index (χ3v) is 5.01. The Labute approximate surface area is 170 Å². The minimum absolute atomic E-state index is 0.0182. The van der Waals surface area contributed by atoms with Crippen LogP contribution in [0.2, 0.25) is 0 Å². The Hall–Kier alpha value is -3.47. The molecule has 0 atom stereocenters. The number of carbonyl (C=O) groups is 1. The van der Waals surface area contributed by atoms with Crippen molar-refractivity contribution >= 4 is 17.0 Å². The monoisotopic (exact) mass is 385 g/mol. The van der Waals surface area contributed by atoms with Gasteiger partial charge in [0.1, 0.15) is 5.52 Å². The van der Waals surface area contributed by atoms with Crippen LogP contribution >= 0.6 is 0 Å². The molecular weight excluding hydrogens is 362 g/mol. The molecule has 0 unspecified atom stereocenters. The summed E-state index contributed by atoms with van der Waals surface area (Å²) in [5.41, 5.74) is 5.49. The van der Waals surface area contributed by atoms with Crippen molar-refractivity contribution in [3.8, 4) is 11.5 Å². The molecule has 0 saturated heterocycles. The summed E-state index contributed by atoms with van der Waals surface area (Å²) in [6, 6.07) is 17.7. The van der Waals surface area contributed by atoms with E-state index < -0.39 is 0 Å². The van der Waals surface area contributed by atoms with Gasteiger partial charge in [0.05, 0.1) is 5.56 Å². The van der Waals surface area contributed by atoms with Crippen molar-refractivity contribution in [2.24, 2.45) is 0 Å². The van der Waals surface area contributed by atoms with Gasteiger partial charge in [-0.3, -0.25) is 9.78 Å². The Morgan fingerprint density at radius 1 is 1.03 bits per heavy atom. The average molecular weight is 385 g/mol. The van der Waals surface area contributed by atoms with Crippen molar-refractivity contribution in [3.05, 3.63) is 83.7 Å². The van der Waals surface area contributed by atoms with Crippen LogP contribution in [0.1, 0.15) is 35.3 Å². The summed E-state index contributed by atoms with van der Waals surface area (Å²) in [7, 11) is 0. The summed E-state index contributed by atoms with van der Waals surface area (Å²) in [4.78, 5) is 23.2. The maximum absolute atomic E-state index is 12.7. The summed E-state index contributed by atoms with van der Waals surface area (Å²) < 4.78 is 5.91. The lowest BCUT2D eigenvalue weighted by Crippen LogP contribution is -2.30. The fraction of sp³-hybridized carbons (Fsp3) is 0.208. The normalized spacial score (nSPS) is 11.0. The second kappa shape index (κ2) is 8.27. The molecule has 0 spiro atoms. The molecule has 4 aromatic rings. The van der Waals surface area contributed by atoms with E-state index in [0.29, 0.717) is 24.5 Å². The molecule has 146 valence electrons. The molecule has 0 aliphatic carbocycles. The molecule has 0 fully saturated rings. The number of pyridine rings is 1. The molecule has 0 aliphatic heterocycles. The van der Waals surface area contributed by atoms with Crippen LogP contribution in [0.3, 0.4) is 0 Å². The van der Waals surface area contributed by atoms with E-state index in [9.17, 15) is 4.79 Å². The van der Waals surface area contributed by atoms with Crippen molar-refractivity contribution in [2.75, 3.05) is 6.54 Å². The lowest BCUT2D eigenvalue weighted by molar-refractivity contribution is 0.0752. The fourth-order valence-electron chi connectivity index (χ4n) is 3.29. The van der Waals surface area contributed by atoms with Crippen LogP contribution in [-0.4, -0.2) is 27.3 Å². The predicted molar refractivity (Wildman–Crippen MR) is 113 cm³/mol. The molecule has 0 saturated carbocycles. The topological polar surface area (TPSA) is 59.2 Å². The SMILES string of the molecule is CCc1ccc2oc(-c3ccc(CN(CC)C(=O)c4cccnc4)cc3)nc2c1. The van der Waals surface area contributed by atoms with Crippen molar-refractivity contribution < 1.29 is 9.21 Å². The highest BCUT2D eigenvalue weighted by Crippen LogP contribution is 2.25. The van der Waals surface area contributed by atoms with Crippen molar-refractivity contribution in [3.63, 3.8) is 0 Å². The molecule has 0 bridgehead atoms. The predicted octanol–water partition coefficient (Wildman–Crippen LogP) is 5.11. The summed E-state index contributed by atoms with van der Waals surface area (Å²) in [5.74, 6) is 0.592. The molecule has 5 heteroatoms. The van der Waals surface area contributed by atoms with Gasteiger partial charge in [0.25, 0.3) is 5.91 Å². The second-order valence-corrected chi connectivity index (χ2v) is 6.93. The van der Waals surface area contributed by atoms with Gasteiger partial charge in [-0.25, -0.2) is 4.98 Å². The Morgan fingerprint density at radius 3 is 2.52 bits per heavy atom. The van der Waals surface area contributed by atoms with Gasteiger partial charge < -0.3 is 9.32 Å². The highest BCUT2D eigenvalue weighted by atomic mass is 16.3. The fourth-order valence-corrected chi connectivity index (χ4v) is 3.29. The Kier molecular flexibility index (Phi) is 5.38. The summed E-state index contributed by atoms with van der Waals surface area (Å²) >= 11 is 0. The van der Waals surface area contributed by atoms with Crippen LogP contribution in [0.15, 0.2) is 71.4 Å². The zero-order chi connectivity index (χ0) is 20.2. The van der Waals surface area contributed by atoms with Crippen molar-refractivity contribution in [2.45, 2.75) is 26.8 Å². The quantitative estimate of drug-likeness (QED) is 0.462. The van der Waals surface area contributed by atoms with E-state index in [4.69, 9.17) is 4.42 Å². The number of amides is 1. The standard InChI is InChI=1S/C24H23N3O2/c1-3-17-9-12-22-21(14-17)26-23(29-22)19-10-7-18(8-11-19)16-27(4-2)24(28)20-6-5-13-25-15-20/h5-15H,3-4,16H2,1-2H3. The number of oxazole rings is 1. The second-order valence-electron chi connectivity index (χ2n) is 6.93. The van der Waals surface area contributed by atoms with E-state index >= 15 is 0 Å². The molecule has 29 heavy (non-hydrogen) atoms. The van der Waals surface area contributed by atoms with Crippen molar-refractivity contribution in [1.82, 2.24) is 14.9 Å². The van der Waals surface area contributed by atoms with E-state index in [1.54, 1.807) is 29.4 Å². The van der Waals surface area contributed by atoms with Gasteiger partial charge in [0, 0.05) is 31.0 Å². The molecule has 4 rings (SSSR count). The van der Waals surface area contributed by atoms with Gasteiger partial charge in [-0.05, 0) is 60.9 Å². The van der Waals surface area contributed by atoms with Gasteiger partial charge in [-0.1, -0.05) is 25.1 Å². The van der Waals surface area contributed by atoms with Crippen LogP contribution in [0.4, 0.5) is 0 Å². The van der Waals surface area contributed by atoms with Gasteiger partial charge in [0.15, 0.2) is 5.58 Å². The molecular formula is C24H23N3O2. The third kappa shape index (κ3) is 4.04. The number of aromatic nitrogens is 2. The highest BCUT2D eigenvalue weighted by molar-refractivity contribution is 5.93. The molecule has 2 aromatic heterocycles. The minimum atomic E-state index is -0.0182. The van der Waals surface area contributed by atoms with Gasteiger partial charge >= 0.3 is 0 Å². The Balaban J connectivity index is 1.52. The molecule has 2 aromatic carbocycles. The van der Waals surface area contributed by atoms with Crippen LogP contribution in [0.25, 0.3) is 22.6 Å². The van der Waals surface area contributed by atoms with Crippen LogP contribution < -0.4 is 0 Å². The molecule has 0 N–H and O–H groups in total. The smallest absolute Gasteiger partial charge is 0.255 e. The lowest BCUT2D eigenvalue weighted by Gasteiger charge is -2.21. The van der Waals surface area contributed by atoms with E-state index in [-0.39, 0.29) is 5.91 Å². The summed E-state index contributed by atoms with van der Waals surface area (Å²) in [6.45, 7) is 5.27. The first kappa shape index (κ1) is 18.9. The van der Waals surface area contributed by atoms with Crippen LogP contribution in [-0.2, 0) is 13.0 Å². The van der Waals surface area contributed by atoms with Gasteiger partial charge in [-0.15, -0.1) is 0 Å². The number of rotatable bonds is 6. The van der Waals surface area contributed by atoms with E-state index in [2.05, 4.69) is 29.0 Å². The van der Waals surface area contributed by atoms with E-state index in [0.717, 1.165) is 28.6 Å². The first-order chi connectivity index (χ1) is 14.2. The third-order valence-electron chi connectivity index (χ3n) is 5.01. The van der Waals surface area contributed by atoms with Gasteiger partial charge in [0.2, 0.25) is 5.89 Å². The van der Waals surface area contributed by atoms with Crippen LogP contribution in [0.5, 0.6) is 0 Å². The largest absolute Gasteiger partial charge is 0.436 e. The zero-order valence-electron chi connectivity index (χ0n) is 16.6. The van der Waals surface area contributed by atoms with E-state index in [1.165, 1.54) is 5.56 Å². The van der Waals surface area contributed by atoms with Gasteiger partial charge in [-0.2, -0.15) is 0 Å². The highest BCUT2D eigenvalue weighted by Gasteiger charge is 2.15. The molecule has 0 aliphatic rings. The van der Waals surface area contributed by atoms with Crippen LogP contribution in [0, 0.1) is 0 Å². The first-order valence-corrected chi connectivity index (χ1v) is 9.86. The number of hydrogen-bond acceptors (Lipinski definition) is 4. The number of nitrogens with zero attached hydrogens (tertiary/aromatic N) is 3. The molecule has 0 radical (unpaired) electrons. The Morgan fingerprint density at radius 2 is 1.83 bits per heavy atom. The maximum atomic E-state index is 12.7. The number of aryl methyl sites for hydroxylation is 1. The average Bonchev–Trinajstić information content (AvgIpc) is 3.21. The lowest BCUT2D eigenvalue weighted by atomic mass is 10.1. The summed E-state index contributed by atoms with van der Waals surface area (Å²) in [5, 5.41) is 0. The van der Waals surface area contributed by atoms with E-state index in [1.807, 2.05) is 37.3 Å². The van der Waals surface area contributed by atoms with Crippen molar-refractivity contribution in [1.29, 1.82) is 0 Å². The minimum Gasteiger partial charge on any atom is -0.436 e. The maximum Gasteiger partial charge on any atom is 0.255 e. The molecule has 1 amide bonds.